The Morgan fingerprint density at radius 1 is 1.12 bits per heavy atom. The van der Waals surface area contributed by atoms with Crippen LogP contribution in [0, 0.1) is 25.2 Å². The van der Waals surface area contributed by atoms with E-state index in [1.807, 2.05) is 32.0 Å². The van der Waals surface area contributed by atoms with Crippen molar-refractivity contribution in [3.8, 4) is 6.07 Å². The Morgan fingerprint density at radius 2 is 1.81 bits per heavy atom. The Labute approximate surface area is 193 Å². The quantitative estimate of drug-likeness (QED) is 0.587. The lowest BCUT2D eigenvalue weighted by Crippen LogP contribution is -2.44. The molecule has 0 amide bonds. The molecule has 2 aromatic rings. The average Bonchev–Trinajstić information content (AvgIpc) is 2.78. The lowest BCUT2D eigenvalue weighted by atomic mass is 9.89. The second kappa shape index (κ2) is 11.1. The zero-order valence-corrected chi connectivity index (χ0v) is 20.3. The summed E-state index contributed by atoms with van der Waals surface area (Å²) in [5.41, 5.74) is 4.19. The summed E-state index contributed by atoms with van der Waals surface area (Å²) in [7, 11) is -3.45. The van der Waals surface area contributed by atoms with Gasteiger partial charge in [-0.1, -0.05) is 36.8 Å². The van der Waals surface area contributed by atoms with Gasteiger partial charge in [-0.2, -0.15) is 5.26 Å². The fourth-order valence-electron chi connectivity index (χ4n) is 4.51. The molecule has 2 aromatic carbocycles. The zero-order chi connectivity index (χ0) is 23.1. The summed E-state index contributed by atoms with van der Waals surface area (Å²) in [5, 5.41) is 9.15. The number of rotatable bonds is 9. The van der Waals surface area contributed by atoms with Gasteiger partial charge in [0.1, 0.15) is 0 Å². The third-order valence-electron chi connectivity index (χ3n) is 6.60. The number of hydrogen-bond acceptors (Lipinski definition) is 4. The number of nitriles is 1. The molecule has 0 spiro atoms. The van der Waals surface area contributed by atoms with Crippen molar-refractivity contribution in [3.05, 3.63) is 64.7 Å². The van der Waals surface area contributed by atoms with Crippen molar-refractivity contribution in [2.45, 2.75) is 69.7 Å². The summed E-state index contributed by atoms with van der Waals surface area (Å²) in [6.45, 7) is 9.08. The van der Waals surface area contributed by atoms with E-state index in [1.165, 1.54) is 5.56 Å². The van der Waals surface area contributed by atoms with Crippen molar-refractivity contribution in [3.63, 3.8) is 0 Å². The standard InChI is InChI=1S/C26H35N3O2S/c1-4-22(23-9-10-24(19-27)21(3)18-23)6-5-15-29-16-13-25(14-17-29)28-32(30,31)26-11-7-20(2)8-12-26/h7-12,18,22,25,28H,4-6,13-17H2,1-3H3. The highest BCUT2D eigenvalue weighted by atomic mass is 32.2. The van der Waals surface area contributed by atoms with E-state index in [4.69, 9.17) is 5.26 Å². The van der Waals surface area contributed by atoms with E-state index in [9.17, 15) is 8.42 Å². The average molecular weight is 454 g/mol. The maximum absolute atomic E-state index is 12.6. The molecule has 1 N–H and O–H groups in total. The largest absolute Gasteiger partial charge is 0.303 e. The highest BCUT2D eigenvalue weighted by Gasteiger charge is 2.24. The molecular formula is C26H35N3O2S. The molecule has 3 rings (SSSR count). The summed E-state index contributed by atoms with van der Waals surface area (Å²) < 4.78 is 28.2. The number of nitrogens with one attached hydrogen (secondary N) is 1. The molecule has 5 nitrogen and oxygen atoms in total. The van der Waals surface area contributed by atoms with Gasteiger partial charge in [-0.3, -0.25) is 0 Å². The van der Waals surface area contributed by atoms with Gasteiger partial charge >= 0.3 is 0 Å². The first-order valence-electron chi connectivity index (χ1n) is 11.6. The van der Waals surface area contributed by atoms with Crippen LogP contribution in [-0.2, 0) is 10.0 Å². The highest BCUT2D eigenvalue weighted by molar-refractivity contribution is 7.89. The molecule has 0 aliphatic carbocycles. The van der Waals surface area contributed by atoms with Crippen molar-refractivity contribution in [1.29, 1.82) is 5.26 Å². The maximum atomic E-state index is 12.6. The number of nitrogens with zero attached hydrogens (tertiary/aromatic N) is 2. The van der Waals surface area contributed by atoms with E-state index in [-0.39, 0.29) is 6.04 Å². The minimum atomic E-state index is -3.45. The Bertz CT molecular complexity index is 1030. The van der Waals surface area contributed by atoms with Gasteiger partial charge < -0.3 is 4.90 Å². The summed E-state index contributed by atoms with van der Waals surface area (Å²) in [5.74, 6) is 0.514. The van der Waals surface area contributed by atoms with Crippen molar-refractivity contribution in [2.24, 2.45) is 0 Å². The molecule has 0 saturated carbocycles. The smallest absolute Gasteiger partial charge is 0.240 e. The minimum Gasteiger partial charge on any atom is -0.303 e. The van der Waals surface area contributed by atoms with Gasteiger partial charge in [-0.25, -0.2) is 13.1 Å². The van der Waals surface area contributed by atoms with Crippen molar-refractivity contribution in [2.75, 3.05) is 19.6 Å². The molecule has 0 radical (unpaired) electrons. The Hall–Kier alpha value is -2.20. The van der Waals surface area contributed by atoms with Gasteiger partial charge in [0.05, 0.1) is 16.5 Å². The van der Waals surface area contributed by atoms with Gasteiger partial charge in [0.2, 0.25) is 10.0 Å². The lowest BCUT2D eigenvalue weighted by Gasteiger charge is -2.32. The van der Waals surface area contributed by atoms with Crippen LogP contribution >= 0.6 is 0 Å². The van der Waals surface area contributed by atoms with Crippen molar-refractivity contribution < 1.29 is 8.42 Å². The molecule has 1 unspecified atom stereocenters. The molecule has 0 bridgehead atoms. The van der Waals surface area contributed by atoms with Gasteiger partial charge in [-0.15, -0.1) is 0 Å². The molecule has 1 aliphatic rings. The molecule has 1 heterocycles. The minimum absolute atomic E-state index is 0.00238. The van der Waals surface area contributed by atoms with Crippen LogP contribution in [0.1, 0.15) is 67.2 Å². The Kier molecular flexibility index (Phi) is 8.47. The fourth-order valence-corrected chi connectivity index (χ4v) is 5.82. The maximum Gasteiger partial charge on any atom is 0.240 e. The third-order valence-corrected chi connectivity index (χ3v) is 8.14. The second-order valence-electron chi connectivity index (χ2n) is 8.98. The predicted octanol–water partition coefficient (Wildman–Crippen LogP) is 4.89. The first-order chi connectivity index (χ1) is 15.3. The summed E-state index contributed by atoms with van der Waals surface area (Å²) >= 11 is 0. The summed E-state index contributed by atoms with van der Waals surface area (Å²) in [4.78, 5) is 2.79. The number of likely N-dealkylation sites (tertiary alicyclic amines) is 1. The van der Waals surface area contributed by atoms with E-state index >= 15 is 0 Å². The molecule has 1 aliphatic heterocycles. The highest BCUT2D eigenvalue weighted by Crippen LogP contribution is 2.27. The molecule has 6 heteroatoms. The van der Waals surface area contributed by atoms with Gasteiger partial charge in [0.25, 0.3) is 0 Å². The SMILES string of the molecule is CCC(CCCN1CCC(NS(=O)(=O)c2ccc(C)cc2)CC1)c1ccc(C#N)c(C)c1. The van der Waals surface area contributed by atoms with Gasteiger partial charge in [-0.05, 0) is 101 Å². The molecular weight excluding hydrogens is 418 g/mol. The van der Waals surface area contributed by atoms with Crippen LogP contribution in [0.4, 0.5) is 0 Å². The lowest BCUT2D eigenvalue weighted by molar-refractivity contribution is 0.202. The monoisotopic (exact) mass is 453 g/mol. The van der Waals surface area contributed by atoms with Crippen LogP contribution in [0.3, 0.4) is 0 Å². The van der Waals surface area contributed by atoms with Crippen molar-refractivity contribution >= 4 is 10.0 Å². The molecule has 1 fully saturated rings. The van der Waals surface area contributed by atoms with Crippen LogP contribution in [-0.4, -0.2) is 39.0 Å². The normalized spacial score (nSPS) is 16.6. The number of hydrogen-bond donors (Lipinski definition) is 1. The van der Waals surface area contributed by atoms with Crippen LogP contribution in [0.2, 0.25) is 0 Å². The summed E-state index contributed by atoms with van der Waals surface area (Å²) in [6.07, 6.45) is 5.03. The topological polar surface area (TPSA) is 73.2 Å². The number of piperidine rings is 1. The third kappa shape index (κ3) is 6.41. The number of sulfonamides is 1. The molecule has 1 saturated heterocycles. The first-order valence-corrected chi connectivity index (χ1v) is 13.1. The van der Waals surface area contributed by atoms with Crippen LogP contribution in [0.25, 0.3) is 0 Å². The van der Waals surface area contributed by atoms with E-state index < -0.39 is 10.0 Å². The predicted molar refractivity (Wildman–Crippen MR) is 129 cm³/mol. The van der Waals surface area contributed by atoms with Crippen LogP contribution < -0.4 is 4.72 Å². The molecule has 0 aromatic heterocycles. The molecule has 32 heavy (non-hydrogen) atoms. The van der Waals surface area contributed by atoms with Gasteiger partial charge in [0, 0.05) is 6.04 Å². The fraction of sp³-hybridized carbons (Fsp3) is 0.500. The first kappa shape index (κ1) is 24.4. The zero-order valence-electron chi connectivity index (χ0n) is 19.5. The van der Waals surface area contributed by atoms with Crippen LogP contribution in [0.15, 0.2) is 47.4 Å². The summed E-state index contributed by atoms with van der Waals surface area (Å²) in [6, 6.07) is 15.5. The number of benzene rings is 2. The number of aryl methyl sites for hydroxylation is 2. The molecule has 1 atom stereocenters. The van der Waals surface area contributed by atoms with E-state index in [0.29, 0.717) is 10.8 Å². The Morgan fingerprint density at radius 3 is 2.41 bits per heavy atom. The van der Waals surface area contributed by atoms with E-state index in [2.05, 4.69) is 34.7 Å². The van der Waals surface area contributed by atoms with Gasteiger partial charge in [0.15, 0.2) is 0 Å². The van der Waals surface area contributed by atoms with E-state index in [1.54, 1.807) is 12.1 Å². The van der Waals surface area contributed by atoms with Crippen LogP contribution in [0.5, 0.6) is 0 Å². The Balaban J connectivity index is 1.44. The molecule has 172 valence electrons. The second-order valence-corrected chi connectivity index (χ2v) is 10.7. The van der Waals surface area contributed by atoms with Crippen molar-refractivity contribution in [1.82, 2.24) is 9.62 Å². The van der Waals surface area contributed by atoms with E-state index in [0.717, 1.165) is 68.4 Å².